The summed E-state index contributed by atoms with van der Waals surface area (Å²) in [6, 6.07) is 4.67. The van der Waals surface area contributed by atoms with Crippen molar-refractivity contribution in [3.05, 3.63) is 23.7 Å². The summed E-state index contributed by atoms with van der Waals surface area (Å²) in [6.45, 7) is 12.7. The van der Waals surface area contributed by atoms with E-state index in [-0.39, 0.29) is 0 Å². The lowest BCUT2D eigenvalue weighted by Crippen LogP contribution is -2.50. The Morgan fingerprint density at radius 2 is 2.15 bits per heavy atom. The first-order valence-corrected chi connectivity index (χ1v) is 7.75. The third-order valence-electron chi connectivity index (χ3n) is 4.27. The number of ether oxygens (including phenoxy) is 1. The van der Waals surface area contributed by atoms with Gasteiger partial charge in [-0.1, -0.05) is 13.8 Å². The molecule has 2 aliphatic heterocycles. The van der Waals surface area contributed by atoms with Crippen LogP contribution in [0.5, 0.6) is 0 Å². The topological polar surface area (TPSA) is 28.9 Å². The van der Waals surface area contributed by atoms with Crippen LogP contribution in [0.4, 0.5) is 0 Å². The minimum absolute atomic E-state index is 0.374. The quantitative estimate of drug-likeness (QED) is 0.843. The highest BCUT2D eigenvalue weighted by Gasteiger charge is 2.40. The molecule has 0 amide bonds. The lowest BCUT2D eigenvalue weighted by molar-refractivity contribution is -0.0523. The smallest absolute Gasteiger partial charge is 0.118 e. The predicted molar refractivity (Wildman–Crippen MR) is 78.7 cm³/mol. The van der Waals surface area contributed by atoms with Crippen LogP contribution < -0.4 is 0 Å². The maximum Gasteiger partial charge on any atom is 0.118 e. The van der Waals surface area contributed by atoms with E-state index in [0.717, 1.165) is 50.2 Å². The van der Waals surface area contributed by atoms with Crippen LogP contribution in [0.3, 0.4) is 0 Å². The number of furan rings is 1. The number of rotatable bonds is 4. The Labute approximate surface area is 121 Å². The summed E-state index contributed by atoms with van der Waals surface area (Å²) in [6.07, 6.45) is 0.374. The average Bonchev–Trinajstić information content (AvgIpc) is 2.95. The van der Waals surface area contributed by atoms with Crippen LogP contribution in [-0.4, -0.2) is 54.7 Å². The van der Waals surface area contributed by atoms with Crippen molar-refractivity contribution >= 4 is 0 Å². The lowest BCUT2D eigenvalue weighted by atomic mass is 10.1. The van der Waals surface area contributed by atoms with E-state index in [9.17, 15) is 0 Å². The predicted octanol–water partition coefficient (Wildman–Crippen LogP) is 2.13. The fraction of sp³-hybridized carbons (Fsp3) is 0.750. The minimum atomic E-state index is 0.374. The zero-order valence-electron chi connectivity index (χ0n) is 12.8. The van der Waals surface area contributed by atoms with E-state index in [4.69, 9.17) is 9.15 Å². The maximum absolute atomic E-state index is 5.97. The molecule has 1 aromatic heterocycles. The van der Waals surface area contributed by atoms with Gasteiger partial charge in [-0.2, -0.15) is 0 Å². The molecule has 3 rings (SSSR count). The molecule has 1 aromatic rings. The maximum atomic E-state index is 5.97. The van der Waals surface area contributed by atoms with E-state index in [2.05, 4.69) is 29.7 Å². The van der Waals surface area contributed by atoms with Gasteiger partial charge < -0.3 is 9.15 Å². The van der Waals surface area contributed by atoms with Crippen molar-refractivity contribution in [2.45, 2.75) is 39.5 Å². The molecule has 3 heterocycles. The highest BCUT2D eigenvalue weighted by Crippen LogP contribution is 2.25. The molecule has 0 radical (unpaired) electrons. The Bertz CT molecular complexity index is 443. The summed E-state index contributed by atoms with van der Waals surface area (Å²) in [5.74, 6) is 2.79. The molecule has 0 spiro atoms. The van der Waals surface area contributed by atoms with Crippen LogP contribution in [0.25, 0.3) is 0 Å². The molecule has 20 heavy (non-hydrogen) atoms. The second kappa shape index (κ2) is 5.88. The van der Waals surface area contributed by atoms with Crippen LogP contribution >= 0.6 is 0 Å². The number of morpholine rings is 1. The Balaban J connectivity index is 1.63. The first-order chi connectivity index (χ1) is 9.61. The molecule has 0 aromatic carbocycles. The summed E-state index contributed by atoms with van der Waals surface area (Å²) in [5, 5.41) is 0. The minimum Gasteiger partial charge on any atom is -0.465 e. The fourth-order valence-corrected chi connectivity index (χ4v) is 3.47. The highest BCUT2D eigenvalue weighted by molar-refractivity contribution is 5.06. The molecule has 0 aliphatic carbocycles. The van der Waals surface area contributed by atoms with Crippen molar-refractivity contribution in [3.8, 4) is 0 Å². The van der Waals surface area contributed by atoms with Gasteiger partial charge >= 0.3 is 0 Å². The van der Waals surface area contributed by atoms with Crippen LogP contribution in [0, 0.1) is 12.8 Å². The number of hydrogen-bond donors (Lipinski definition) is 0. The summed E-state index contributed by atoms with van der Waals surface area (Å²) >= 11 is 0. The van der Waals surface area contributed by atoms with Crippen LogP contribution in [0.1, 0.15) is 25.4 Å². The van der Waals surface area contributed by atoms with Gasteiger partial charge in [0.1, 0.15) is 11.5 Å². The largest absolute Gasteiger partial charge is 0.465 e. The van der Waals surface area contributed by atoms with Crippen molar-refractivity contribution in [2.75, 3.05) is 32.8 Å². The van der Waals surface area contributed by atoms with Crippen molar-refractivity contribution in [3.63, 3.8) is 0 Å². The summed E-state index contributed by atoms with van der Waals surface area (Å²) in [5.41, 5.74) is 0. The van der Waals surface area contributed by atoms with Gasteiger partial charge in [0, 0.05) is 26.2 Å². The van der Waals surface area contributed by atoms with E-state index in [1.807, 2.05) is 13.0 Å². The highest BCUT2D eigenvalue weighted by atomic mass is 16.5. The van der Waals surface area contributed by atoms with E-state index in [1.54, 1.807) is 0 Å². The van der Waals surface area contributed by atoms with E-state index in [1.165, 1.54) is 6.54 Å². The van der Waals surface area contributed by atoms with Gasteiger partial charge in [0.25, 0.3) is 0 Å². The van der Waals surface area contributed by atoms with E-state index < -0.39 is 0 Å². The monoisotopic (exact) mass is 278 g/mol. The molecule has 0 N–H and O–H groups in total. The molecule has 112 valence electrons. The molecule has 4 heteroatoms. The molecule has 2 aliphatic rings. The lowest BCUT2D eigenvalue weighted by Gasteiger charge is -2.36. The number of hydrogen-bond acceptors (Lipinski definition) is 4. The van der Waals surface area contributed by atoms with Gasteiger partial charge in [-0.15, -0.1) is 0 Å². The standard InChI is InChI=1S/C16H26N2O2/c1-12(2)8-17-10-15-16(11-17)19-7-6-18(15)9-14-5-4-13(3)20-14/h4-5,12,15-16H,6-11H2,1-3H3/t15-,16+/m1/s1. The van der Waals surface area contributed by atoms with Gasteiger partial charge in [0.15, 0.2) is 0 Å². The average molecular weight is 278 g/mol. The number of nitrogens with zero attached hydrogens (tertiary/aromatic N) is 2. The van der Waals surface area contributed by atoms with Crippen molar-refractivity contribution in [1.82, 2.24) is 9.80 Å². The van der Waals surface area contributed by atoms with Gasteiger partial charge in [-0.3, -0.25) is 9.80 Å². The zero-order valence-corrected chi connectivity index (χ0v) is 12.8. The molecular weight excluding hydrogens is 252 g/mol. The normalized spacial score (nSPS) is 28.2. The Hall–Kier alpha value is -0.840. The molecule has 0 unspecified atom stereocenters. The Morgan fingerprint density at radius 1 is 1.30 bits per heavy atom. The second-order valence-electron chi connectivity index (χ2n) is 6.57. The Morgan fingerprint density at radius 3 is 2.85 bits per heavy atom. The molecule has 0 saturated carbocycles. The van der Waals surface area contributed by atoms with Crippen LogP contribution in [0.15, 0.2) is 16.5 Å². The number of aryl methyl sites for hydroxylation is 1. The summed E-state index contributed by atoms with van der Waals surface area (Å²) in [7, 11) is 0. The zero-order chi connectivity index (χ0) is 14.1. The Kier molecular flexibility index (Phi) is 4.15. The third kappa shape index (κ3) is 3.08. The summed E-state index contributed by atoms with van der Waals surface area (Å²) in [4.78, 5) is 5.08. The van der Waals surface area contributed by atoms with Crippen molar-refractivity contribution in [2.24, 2.45) is 5.92 Å². The number of likely N-dealkylation sites (tertiary alicyclic amines) is 1. The molecule has 2 saturated heterocycles. The fourth-order valence-electron chi connectivity index (χ4n) is 3.47. The van der Waals surface area contributed by atoms with Gasteiger partial charge in [0.2, 0.25) is 0 Å². The molecule has 0 bridgehead atoms. The number of fused-ring (bicyclic) bond motifs is 1. The van der Waals surface area contributed by atoms with Gasteiger partial charge in [-0.25, -0.2) is 0 Å². The van der Waals surface area contributed by atoms with Crippen molar-refractivity contribution < 1.29 is 9.15 Å². The first-order valence-electron chi connectivity index (χ1n) is 7.75. The first kappa shape index (κ1) is 14.1. The van der Waals surface area contributed by atoms with Crippen molar-refractivity contribution in [1.29, 1.82) is 0 Å². The molecule has 2 atom stereocenters. The second-order valence-corrected chi connectivity index (χ2v) is 6.57. The van der Waals surface area contributed by atoms with E-state index >= 15 is 0 Å². The third-order valence-corrected chi connectivity index (χ3v) is 4.27. The SMILES string of the molecule is Cc1ccc(CN2CCO[C@H]3CN(CC(C)C)C[C@H]32)o1. The van der Waals surface area contributed by atoms with E-state index in [0.29, 0.717) is 12.1 Å². The van der Waals surface area contributed by atoms with Crippen LogP contribution in [0.2, 0.25) is 0 Å². The molecule has 2 fully saturated rings. The molecular formula is C16H26N2O2. The van der Waals surface area contributed by atoms with Crippen LogP contribution in [-0.2, 0) is 11.3 Å². The van der Waals surface area contributed by atoms with Gasteiger partial charge in [-0.05, 0) is 25.0 Å². The summed E-state index contributed by atoms with van der Waals surface area (Å²) < 4.78 is 11.7. The molecule has 4 nitrogen and oxygen atoms in total. The van der Waals surface area contributed by atoms with Gasteiger partial charge in [0.05, 0.1) is 25.3 Å².